The van der Waals surface area contributed by atoms with Gasteiger partial charge in [0, 0.05) is 32.5 Å². The molecule has 1 amide bonds. The van der Waals surface area contributed by atoms with Crippen molar-refractivity contribution in [1.82, 2.24) is 0 Å². The van der Waals surface area contributed by atoms with E-state index in [1.54, 1.807) is 0 Å². The summed E-state index contributed by atoms with van der Waals surface area (Å²) in [5.74, 6) is 0.317. The lowest BCUT2D eigenvalue weighted by Crippen LogP contribution is -2.35. The van der Waals surface area contributed by atoms with E-state index in [9.17, 15) is 4.79 Å². The van der Waals surface area contributed by atoms with Crippen LogP contribution >= 0.6 is 7.26 Å². The summed E-state index contributed by atoms with van der Waals surface area (Å²) in [5, 5.41) is 3.31. The fourth-order valence-electron chi connectivity index (χ4n) is 4.01. The summed E-state index contributed by atoms with van der Waals surface area (Å²) < 4.78 is 0. The number of benzene rings is 1. The molecule has 0 radical (unpaired) electrons. The normalized spacial score (nSPS) is 22.6. The molecule has 1 heterocycles. The Morgan fingerprint density at radius 1 is 1.10 bits per heavy atom. The van der Waals surface area contributed by atoms with Gasteiger partial charge in [0.25, 0.3) is 5.91 Å². The van der Waals surface area contributed by atoms with E-state index in [1.807, 2.05) is 0 Å². The molecule has 0 spiro atoms. The van der Waals surface area contributed by atoms with Gasteiger partial charge in [-0.15, -0.1) is 0 Å². The number of para-hydroxylation sites is 1. The molecule has 1 aromatic carbocycles. The van der Waals surface area contributed by atoms with E-state index in [1.165, 1.54) is 42.7 Å². The van der Waals surface area contributed by atoms with Crippen molar-refractivity contribution < 1.29 is 4.79 Å². The summed E-state index contributed by atoms with van der Waals surface area (Å²) >= 11 is 0. The van der Waals surface area contributed by atoms with Crippen molar-refractivity contribution in [2.75, 3.05) is 24.3 Å². The highest BCUT2D eigenvalue weighted by molar-refractivity contribution is 7.78. The van der Waals surface area contributed by atoms with Gasteiger partial charge in [0.15, 0.2) is 5.16 Å². The Morgan fingerprint density at radius 3 is 2.19 bits per heavy atom. The smallest absolute Gasteiger partial charge is 0.268 e. The molecule has 0 atom stereocenters. The van der Waals surface area contributed by atoms with Crippen molar-refractivity contribution in [2.24, 2.45) is 0 Å². The number of hydrogen-bond acceptors (Lipinski definition) is 1. The Hall–Kier alpha value is -0.880. The van der Waals surface area contributed by atoms with Crippen LogP contribution in [0.25, 0.3) is 0 Å². The molecule has 0 bridgehead atoms. The molecule has 114 valence electrons. The zero-order chi connectivity index (χ0) is 15.1. The number of carbonyl (C=O) groups excluding carboxylic acids is 1. The average molecular weight is 304 g/mol. The van der Waals surface area contributed by atoms with Gasteiger partial charge < -0.3 is 5.32 Å². The Kier molecular flexibility index (Phi) is 3.86. The van der Waals surface area contributed by atoms with Gasteiger partial charge in [-0.05, 0) is 44.2 Å². The van der Waals surface area contributed by atoms with Crippen molar-refractivity contribution in [1.29, 1.82) is 0 Å². The lowest BCUT2D eigenvalue weighted by atomic mass is 10.1. The van der Waals surface area contributed by atoms with Crippen molar-refractivity contribution >= 4 is 18.9 Å². The minimum absolute atomic E-state index is 0.0160. The number of carbonyl (C=O) groups is 1. The maximum Gasteiger partial charge on any atom is 0.268 e. The van der Waals surface area contributed by atoms with Gasteiger partial charge in [0.2, 0.25) is 0 Å². The first-order chi connectivity index (χ1) is 9.98. The van der Waals surface area contributed by atoms with Gasteiger partial charge in [-0.1, -0.05) is 18.2 Å². The van der Waals surface area contributed by atoms with E-state index in [4.69, 9.17) is 0 Å². The molecule has 3 rings (SSSR count). The molecule has 0 aromatic heterocycles. The van der Waals surface area contributed by atoms with Crippen molar-refractivity contribution in [3.05, 3.63) is 29.3 Å². The van der Waals surface area contributed by atoms with Crippen LogP contribution in [0.5, 0.6) is 0 Å². The van der Waals surface area contributed by atoms with Gasteiger partial charge in [0.05, 0.1) is 12.3 Å². The predicted octanol–water partition coefficient (Wildman–Crippen LogP) is 4.61. The maximum atomic E-state index is 13.0. The van der Waals surface area contributed by atoms with E-state index >= 15 is 0 Å². The summed E-state index contributed by atoms with van der Waals surface area (Å²) in [7, 11) is -1.09. The molecule has 2 fully saturated rings. The molecule has 1 saturated carbocycles. The minimum Gasteiger partial charge on any atom is -0.322 e. The van der Waals surface area contributed by atoms with Crippen molar-refractivity contribution in [3.63, 3.8) is 0 Å². The van der Waals surface area contributed by atoms with E-state index in [-0.39, 0.29) is 5.16 Å². The minimum atomic E-state index is -1.09. The second kappa shape index (κ2) is 5.39. The summed E-state index contributed by atoms with van der Waals surface area (Å²) in [6, 6.07) is 6.22. The fraction of sp³-hybridized carbons (Fsp3) is 0.611. The molecule has 2 aliphatic rings. The second-order valence-electron chi connectivity index (χ2n) is 7.16. The van der Waals surface area contributed by atoms with E-state index < -0.39 is 7.26 Å². The molecule has 3 heteroatoms. The van der Waals surface area contributed by atoms with Crippen LogP contribution < -0.4 is 5.32 Å². The summed E-state index contributed by atoms with van der Waals surface area (Å²) in [6.07, 6.45) is 8.93. The standard InChI is InChI=1S/C18H26NOP/c1-14-8-7-9-15(2)16(14)19-17(20)18(10-11-18)21(3)12-5-4-6-13-21/h7-9H,4-6,10-13H2,1-3H3/p+1. The molecule has 1 aliphatic heterocycles. The quantitative estimate of drug-likeness (QED) is 0.812. The fourth-order valence-corrected chi connectivity index (χ4v) is 8.67. The first-order valence-corrected chi connectivity index (χ1v) is 10.8. The highest BCUT2D eigenvalue weighted by Crippen LogP contribution is 2.77. The lowest BCUT2D eigenvalue weighted by Gasteiger charge is -2.34. The van der Waals surface area contributed by atoms with Crippen LogP contribution in [-0.4, -0.2) is 30.1 Å². The third kappa shape index (κ3) is 2.52. The molecule has 21 heavy (non-hydrogen) atoms. The second-order valence-corrected chi connectivity index (χ2v) is 11.7. The molecule has 2 nitrogen and oxygen atoms in total. The van der Waals surface area contributed by atoms with E-state index in [0.717, 1.165) is 18.5 Å². The third-order valence-electron chi connectivity index (χ3n) is 5.70. The Bertz CT molecular complexity index is 536. The van der Waals surface area contributed by atoms with Crippen LogP contribution in [0.2, 0.25) is 0 Å². The predicted molar refractivity (Wildman–Crippen MR) is 92.9 cm³/mol. The molecule has 1 aromatic rings. The van der Waals surface area contributed by atoms with Crippen LogP contribution in [0, 0.1) is 13.8 Å². The average Bonchev–Trinajstić information content (AvgIpc) is 3.26. The first kappa shape index (κ1) is 15.0. The zero-order valence-electron chi connectivity index (χ0n) is 13.5. The molecule has 0 unspecified atom stereocenters. The van der Waals surface area contributed by atoms with Crippen molar-refractivity contribution in [2.45, 2.75) is 51.1 Å². The SMILES string of the molecule is Cc1cccc(C)c1NC(=O)C1([P+]2(C)CCCCC2)CC1. The number of nitrogens with one attached hydrogen (secondary N) is 1. The monoisotopic (exact) mass is 304 g/mol. The number of rotatable bonds is 3. The van der Waals surface area contributed by atoms with Crippen LogP contribution in [-0.2, 0) is 4.79 Å². The van der Waals surface area contributed by atoms with Gasteiger partial charge in [-0.2, -0.15) is 0 Å². The van der Waals surface area contributed by atoms with Crippen LogP contribution in [0.1, 0.15) is 43.2 Å². The van der Waals surface area contributed by atoms with Gasteiger partial charge in [0.1, 0.15) is 0 Å². The van der Waals surface area contributed by atoms with Crippen LogP contribution in [0.4, 0.5) is 5.69 Å². The summed E-state index contributed by atoms with van der Waals surface area (Å²) in [5.41, 5.74) is 3.38. The lowest BCUT2D eigenvalue weighted by molar-refractivity contribution is -0.116. The van der Waals surface area contributed by atoms with E-state index in [0.29, 0.717) is 5.91 Å². The maximum absolute atomic E-state index is 13.0. The molecular formula is C18H27NOP+. The van der Waals surface area contributed by atoms with Gasteiger partial charge in [-0.3, -0.25) is 4.79 Å². The molecular weight excluding hydrogens is 277 g/mol. The number of amides is 1. The molecule has 1 aliphatic carbocycles. The topological polar surface area (TPSA) is 29.1 Å². The molecule has 1 N–H and O–H groups in total. The van der Waals surface area contributed by atoms with Crippen LogP contribution in [0.15, 0.2) is 18.2 Å². The first-order valence-electron chi connectivity index (χ1n) is 8.21. The highest BCUT2D eigenvalue weighted by atomic mass is 31.2. The molecule has 1 saturated heterocycles. The van der Waals surface area contributed by atoms with E-state index in [2.05, 4.69) is 44.0 Å². The summed E-state index contributed by atoms with van der Waals surface area (Å²) in [4.78, 5) is 13.0. The van der Waals surface area contributed by atoms with Gasteiger partial charge >= 0.3 is 0 Å². The Labute approximate surface area is 129 Å². The zero-order valence-corrected chi connectivity index (χ0v) is 14.4. The largest absolute Gasteiger partial charge is 0.322 e. The van der Waals surface area contributed by atoms with Gasteiger partial charge in [-0.25, -0.2) is 0 Å². The Balaban J connectivity index is 1.82. The highest BCUT2D eigenvalue weighted by Gasteiger charge is 2.68. The third-order valence-corrected chi connectivity index (χ3v) is 11.0. The number of anilines is 1. The number of hydrogen-bond donors (Lipinski definition) is 1. The van der Waals surface area contributed by atoms with Crippen LogP contribution in [0.3, 0.4) is 0 Å². The van der Waals surface area contributed by atoms with Crippen molar-refractivity contribution in [3.8, 4) is 0 Å². The Morgan fingerprint density at radius 2 is 1.67 bits per heavy atom. The number of aryl methyl sites for hydroxylation is 2. The summed E-state index contributed by atoms with van der Waals surface area (Å²) in [6.45, 7) is 6.63.